The van der Waals surface area contributed by atoms with Crippen molar-refractivity contribution < 1.29 is 4.79 Å². The van der Waals surface area contributed by atoms with Gasteiger partial charge in [-0.15, -0.1) is 0 Å². The van der Waals surface area contributed by atoms with Gasteiger partial charge in [0, 0.05) is 22.5 Å². The largest absolute Gasteiger partial charge is 0.353 e. The molecule has 2 rings (SSSR count). The minimum atomic E-state index is -0.0238. The zero-order valence-electron chi connectivity index (χ0n) is 10.4. The maximum atomic E-state index is 12.1. The van der Waals surface area contributed by atoms with Crippen LogP contribution in [0.5, 0.6) is 0 Å². The number of carbonyl (C=O) groups is 1. The molecular formula is C14H15IN2O. The highest BCUT2D eigenvalue weighted by Gasteiger charge is 2.11. The van der Waals surface area contributed by atoms with E-state index in [-0.39, 0.29) is 5.91 Å². The summed E-state index contributed by atoms with van der Waals surface area (Å²) in [5.74, 6) is -0.0238. The summed E-state index contributed by atoms with van der Waals surface area (Å²) < 4.78 is 3.01. The van der Waals surface area contributed by atoms with Crippen LogP contribution in [-0.4, -0.2) is 10.5 Å². The van der Waals surface area contributed by atoms with Crippen LogP contribution in [0.4, 0.5) is 0 Å². The lowest BCUT2D eigenvalue weighted by atomic mass is 10.1. The summed E-state index contributed by atoms with van der Waals surface area (Å²) in [4.78, 5) is 12.1. The van der Waals surface area contributed by atoms with E-state index in [0.29, 0.717) is 6.54 Å². The molecule has 2 aromatic rings. The molecule has 0 aliphatic heterocycles. The van der Waals surface area contributed by atoms with E-state index in [0.717, 1.165) is 20.4 Å². The molecule has 0 fully saturated rings. The Labute approximate surface area is 120 Å². The minimum absolute atomic E-state index is 0.0238. The summed E-state index contributed by atoms with van der Waals surface area (Å²) in [6.07, 6.45) is 1.97. The molecule has 0 bridgehead atoms. The fourth-order valence-corrected chi connectivity index (χ4v) is 2.37. The summed E-state index contributed by atoms with van der Waals surface area (Å²) in [6, 6.07) is 9.75. The molecule has 1 aromatic carbocycles. The van der Waals surface area contributed by atoms with Gasteiger partial charge in [-0.25, -0.2) is 0 Å². The van der Waals surface area contributed by atoms with E-state index in [1.807, 2.05) is 55.1 Å². The molecule has 0 spiro atoms. The van der Waals surface area contributed by atoms with Crippen LogP contribution in [0.3, 0.4) is 0 Å². The smallest absolute Gasteiger partial charge is 0.252 e. The maximum absolute atomic E-state index is 12.1. The van der Waals surface area contributed by atoms with Gasteiger partial charge in [0.05, 0.1) is 12.1 Å². The molecule has 1 N–H and O–H groups in total. The lowest BCUT2D eigenvalue weighted by molar-refractivity contribution is 0.0949. The Kier molecular flexibility index (Phi) is 4.06. The first kappa shape index (κ1) is 13.1. The van der Waals surface area contributed by atoms with Crippen molar-refractivity contribution in [2.24, 2.45) is 7.05 Å². The van der Waals surface area contributed by atoms with E-state index in [9.17, 15) is 4.79 Å². The van der Waals surface area contributed by atoms with Gasteiger partial charge in [0.15, 0.2) is 0 Å². The zero-order valence-corrected chi connectivity index (χ0v) is 12.6. The summed E-state index contributed by atoms with van der Waals surface area (Å²) >= 11 is 2.21. The fourth-order valence-electron chi connectivity index (χ4n) is 1.77. The van der Waals surface area contributed by atoms with Gasteiger partial charge in [0.1, 0.15) is 0 Å². The third-order valence-corrected chi connectivity index (χ3v) is 4.35. The average molecular weight is 354 g/mol. The quantitative estimate of drug-likeness (QED) is 0.846. The summed E-state index contributed by atoms with van der Waals surface area (Å²) in [6.45, 7) is 2.56. The maximum Gasteiger partial charge on any atom is 0.252 e. The molecule has 4 heteroatoms. The molecule has 0 aliphatic carbocycles. The van der Waals surface area contributed by atoms with Crippen LogP contribution in [0.15, 0.2) is 36.5 Å². The molecule has 0 atom stereocenters. The van der Waals surface area contributed by atoms with Crippen molar-refractivity contribution in [3.8, 4) is 0 Å². The minimum Gasteiger partial charge on any atom is -0.353 e. The molecule has 1 amide bonds. The van der Waals surface area contributed by atoms with Crippen LogP contribution in [0.2, 0.25) is 0 Å². The Bertz CT molecular complexity index is 575. The van der Waals surface area contributed by atoms with Crippen molar-refractivity contribution in [3.05, 3.63) is 56.9 Å². The van der Waals surface area contributed by atoms with Gasteiger partial charge in [-0.3, -0.25) is 4.79 Å². The Morgan fingerprint density at radius 3 is 2.78 bits per heavy atom. The van der Waals surface area contributed by atoms with E-state index in [1.165, 1.54) is 0 Å². The van der Waals surface area contributed by atoms with Crippen LogP contribution in [0, 0.1) is 10.5 Å². The number of hydrogen-bond donors (Lipinski definition) is 1. The molecule has 1 heterocycles. The number of rotatable bonds is 3. The molecule has 0 aliphatic rings. The second-order valence-electron chi connectivity index (χ2n) is 4.23. The number of carbonyl (C=O) groups excluding carboxylic acids is 1. The van der Waals surface area contributed by atoms with E-state index < -0.39 is 0 Å². The number of halogens is 1. The third-order valence-electron chi connectivity index (χ3n) is 2.92. The molecule has 1 aromatic heterocycles. The first-order valence-corrected chi connectivity index (χ1v) is 6.81. The molecule has 0 unspecified atom stereocenters. The van der Waals surface area contributed by atoms with Crippen molar-refractivity contribution in [1.29, 1.82) is 0 Å². The van der Waals surface area contributed by atoms with E-state index >= 15 is 0 Å². The highest BCUT2D eigenvalue weighted by atomic mass is 127. The van der Waals surface area contributed by atoms with Crippen LogP contribution < -0.4 is 5.32 Å². The number of hydrogen-bond acceptors (Lipinski definition) is 1. The van der Waals surface area contributed by atoms with Gasteiger partial charge in [-0.1, -0.05) is 12.1 Å². The molecule has 18 heavy (non-hydrogen) atoms. The van der Waals surface area contributed by atoms with Crippen LogP contribution >= 0.6 is 22.6 Å². The Morgan fingerprint density at radius 1 is 1.33 bits per heavy atom. The molecular weight excluding hydrogens is 339 g/mol. The summed E-state index contributed by atoms with van der Waals surface area (Å²) in [7, 11) is 1.97. The highest BCUT2D eigenvalue weighted by molar-refractivity contribution is 14.1. The van der Waals surface area contributed by atoms with Gasteiger partial charge >= 0.3 is 0 Å². The van der Waals surface area contributed by atoms with Crippen molar-refractivity contribution in [1.82, 2.24) is 9.88 Å². The standard InChI is InChI=1S/C14H15IN2O/c1-10-5-3-7-12(13(10)15)14(18)16-9-11-6-4-8-17(11)2/h3-8H,9H2,1-2H3,(H,16,18). The number of benzene rings is 1. The highest BCUT2D eigenvalue weighted by Crippen LogP contribution is 2.16. The lowest BCUT2D eigenvalue weighted by Crippen LogP contribution is -2.24. The fraction of sp³-hybridized carbons (Fsp3) is 0.214. The number of amides is 1. The third kappa shape index (κ3) is 2.75. The second kappa shape index (κ2) is 5.56. The van der Waals surface area contributed by atoms with Gasteiger partial charge in [-0.2, -0.15) is 0 Å². The van der Waals surface area contributed by atoms with Crippen LogP contribution in [-0.2, 0) is 13.6 Å². The van der Waals surface area contributed by atoms with Crippen molar-refractivity contribution in [2.75, 3.05) is 0 Å². The number of nitrogens with zero attached hydrogens (tertiary/aromatic N) is 1. The van der Waals surface area contributed by atoms with Gasteiger partial charge < -0.3 is 9.88 Å². The van der Waals surface area contributed by atoms with Gasteiger partial charge in [0.25, 0.3) is 5.91 Å². The van der Waals surface area contributed by atoms with E-state index in [2.05, 4.69) is 27.9 Å². The predicted octanol–water partition coefficient (Wildman–Crippen LogP) is 2.87. The molecule has 0 saturated carbocycles. The summed E-state index contributed by atoms with van der Waals surface area (Å²) in [5, 5.41) is 2.95. The first-order chi connectivity index (χ1) is 8.59. The van der Waals surface area contributed by atoms with E-state index in [4.69, 9.17) is 0 Å². The summed E-state index contributed by atoms with van der Waals surface area (Å²) in [5.41, 5.74) is 2.96. The Hall–Kier alpha value is -1.30. The van der Waals surface area contributed by atoms with E-state index in [1.54, 1.807) is 0 Å². The average Bonchev–Trinajstić information content (AvgIpc) is 2.75. The molecule has 0 saturated heterocycles. The van der Waals surface area contributed by atoms with Crippen LogP contribution in [0.25, 0.3) is 0 Å². The van der Waals surface area contributed by atoms with Gasteiger partial charge in [-0.05, 0) is 53.3 Å². The number of aryl methyl sites for hydroxylation is 2. The number of aromatic nitrogens is 1. The normalized spacial score (nSPS) is 10.4. The molecule has 0 radical (unpaired) electrons. The number of nitrogens with one attached hydrogen (secondary N) is 1. The van der Waals surface area contributed by atoms with Crippen molar-refractivity contribution >= 4 is 28.5 Å². The molecule has 3 nitrogen and oxygen atoms in total. The van der Waals surface area contributed by atoms with Gasteiger partial charge in [0.2, 0.25) is 0 Å². The van der Waals surface area contributed by atoms with Crippen molar-refractivity contribution in [3.63, 3.8) is 0 Å². The zero-order chi connectivity index (χ0) is 13.1. The van der Waals surface area contributed by atoms with Crippen molar-refractivity contribution in [2.45, 2.75) is 13.5 Å². The first-order valence-electron chi connectivity index (χ1n) is 5.73. The predicted molar refractivity (Wildman–Crippen MR) is 80.5 cm³/mol. The topological polar surface area (TPSA) is 34.0 Å². The Morgan fingerprint density at radius 2 is 2.11 bits per heavy atom. The SMILES string of the molecule is Cc1cccc(C(=O)NCc2cccn2C)c1I. The molecule has 94 valence electrons. The lowest BCUT2D eigenvalue weighted by Gasteiger charge is -2.09. The Balaban J connectivity index is 2.09. The monoisotopic (exact) mass is 354 g/mol. The second-order valence-corrected chi connectivity index (χ2v) is 5.31. The van der Waals surface area contributed by atoms with Crippen LogP contribution in [0.1, 0.15) is 21.6 Å².